The molecule has 0 bridgehead atoms. The van der Waals surface area contributed by atoms with Gasteiger partial charge in [0.25, 0.3) is 5.56 Å². The van der Waals surface area contributed by atoms with Crippen LogP contribution in [0, 0.1) is 0 Å². The van der Waals surface area contributed by atoms with E-state index in [1.807, 2.05) is 59.4 Å². The van der Waals surface area contributed by atoms with E-state index in [0.29, 0.717) is 15.9 Å². The van der Waals surface area contributed by atoms with Crippen molar-refractivity contribution in [2.24, 2.45) is 0 Å². The number of hydrogen-bond acceptors (Lipinski definition) is 7. The molecule has 166 valence electrons. The lowest BCUT2D eigenvalue weighted by atomic mass is 10.2. The van der Waals surface area contributed by atoms with Gasteiger partial charge in [-0.25, -0.2) is 9.67 Å². The molecule has 5 aromatic rings. The second kappa shape index (κ2) is 9.00. The van der Waals surface area contributed by atoms with Crippen LogP contribution in [0.15, 0.2) is 70.5 Å². The summed E-state index contributed by atoms with van der Waals surface area (Å²) in [5, 5.41) is 11.8. The van der Waals surface area contributed by atoms with E-state index in [2.05, 4.69) is 15.4 Å². The number of ether oxygens (including phenoxy) is 1. The lowest BCUT2D eigenvalue weighted by Crippen LogP contribution is -2.32. The Morgan fingerprint density at radius 3 is 2.76 bits per heavy atom. The van der Waals surface area contributed by atoms with Gasteiger partial charge < -0.3 is 10.1 Å². The topological polar surface area (TPSA) is 91.0 Å². The third kappa shape index (κ3) is 4.30. The number of nitrogens with one attached hydrogen (secondary N) is 1. The molecular formula is C23H19N5O3S2. The molecule has 1 N–H and O–H groups in total. The third-order valence-electron chi connectivity index (χ3n) is 5.11. The van der Waals surface area contributed by atoms with Crippen molar-refractivity contribution in [2.75, 3.05) is 7.11 Å². The van der Waals surface area contributed by atoms with Crippen molar-refractivity contribution in [3.63, 3.8) is 0 Å². The molecule has 0 radical (unpaired) electrons. The summed E-state index contributed by atoms with van der Waals surface area (Å²) in [5.74, 6) is 0.483. The zero-order valence-corrected chi connectivity index (χ0v) is 19.2. The van der Waals surface area contributed by atoms with Gasteiger partial charge >= 0.3 is 0 Å². The summed E-state index contributed by atoms with van der Waals surface area (Å²) in [6.45, 7) is 0.145. The molecule has 1 aromatic carbocycles. The van der Waals surface area contributed by atoms with Crippen molar-refractivity contribution < 1.29 is 9.53 Å². The summed E-state index contributed by atoms with van der Waals surface area (Å²) in [5.41, 5.74) is 2.24. The quantitative estimate of drug-likeness (QED) is 0.386. The number of aromatic nitrogens is 4. The highest BCUT2D eigenvalue weighted by atomic mass is 32.1. The second-order valence-electron chi connectivity index (χ2n) is 7.21. The summed E-state index contributed by atoms with van der Waals surface area (Å²) in [7, 11) is 1.62. The Hall–Kier alpha value is -3.76. The smallest absolute Gasteiger partial charge is 0.263 e. The van der Waals surface area contributed by atoms with Crippen molar-refractivity contribution in [3.8, 4) is 21.9 Å². The van der Waals surface area contributed by atoms with E-state index in [-0.39, 0.29) is 24.6 Å². The van der Waals surface area contributed by atoms with E-state index in [9.17, 15) is 9.59 Å². The molecule has 0 saturated heterocycles. The predicted molar refractivity (Wildman–Crippen MR) is 129 cm³/mol. The van der Waals surface area contributed by atoms with Gasteiger partial charge in [0.05, 0.1) is 36.7 Å². The lowest BCUT2D eigenvalue weighted by Gasteiger charge is -2.07. The van der Waals surface area contributed by atoms with E-state index in [1.165, 1.54) is 22.2 Å². The van der Waals surface area contributed by atoms with E-state index in [1.54, 1.807) is 23.1 Å². The first-order chi connectivity index (χ1) is 16.1. The number of amides is 1. The second-order valence-corrected chi connectivity index (χ2v) is 9.02. The van der Waals surface area contributed by atoms with Crippen LogP contribution in [0.3, 0.4) is 0 Å². The Labute approximate surface area is 196 Å². The van der Waals surface area contributed by atoms with Crippen LogP contribution >= 0.6 is 22.7 Å². The third-order valence-corrected chi connectivity index (χ3v) is 6.90. The molecule has 4 aromatic heterocycles. The molecule has 1 amide bonds. The molecule has 0 aliphatic rings. The van der Waals surface area contributed by atoms with Crippen LogP contribution in [0.2, 0.25) is 0 Å². The van der Waals surface area contributed by atoms with Crippen molar-refractivity contribution in [1.29, 1.82) is 0 Å². The normalized spacial score (nSPS) is 11.1. The largest absolute Gasteiger partial charge is 0.497 e. The summed E-state index contributed by atoms with van der Waals surface area (Å²) in [4.78, 5) is 31.6. The van der Waals surface area contributed by atoms with Crippen LogP contribution < -0.4 is 15.6 Å². The van der Waals surface area contributed by atoms with Crippen molar-refractivity contribution >= 4 is 38.8 Å². The maximum absolute atomic E-state index is 13.1. The number of methoxy groups -OCH3 is 1. The molecule has 0 atom stereocenters. The summed E-state index contributed by atoms with van der Waals surface area (Å²) >= 11 is 3.00. The van der Waals surface area contributed by atoms with Gasteiger partial charge in [0.15, 0.2) is 0 Å². The molecule has 8 nitrogen and oxygen atoms in total. The van der Waals surface area contributed by atoms with Crippen LogP contribution in [-0.2, 0) is 17.9 Å². The average molecular weight is 478 g/mol. The fourth-order valence-corrected chi connectivity index (χ4v) is 5.15. The van der Waals surface area contributed by atoms with Crippen molar-refractivity contribution in [3.05, 3.63) is 81.8 Å². The molecular weight excluding hydrogens is 458 g/mol. The highest BCUT2D eigenvalue weighted by molar-refractivity contribution is 7.18. The molecule has 0 spiro atoms. The van der Waals surface area contributed by atoms with Crippen LogP contribution in [0.4, 0.5) is 0 Å². The minimum atomic E-state index is -0.287. The van der Waals surface area contributed by atoms with Crippen LogP contribution in [-0.4, -0.2) is 32.3 Å². The molecule has 0 saturated carbocycles. The van der Waals surface area contributed by atoms with Gasteiger partial charge in [-0.3, -0.25) is 14.2 Å². The van der Waals surface area contributed by atoms with Gasteiger partial charge in [-0.15, -0.1) is 22.7 Å². The predicted octanol–water partition coefficient (Wildman–Crippen LogP) is 3.70. The van der Waals surface area contributed by atoms with Gasteiger partial charge in [0, 0.05) is 22.0 Å². The standard InChI is InChI=1S/C23H19N5O3S2/c1-31-17-6-4-16(5-7-17)28-9-8-15(26-28)11-24-20(29)12-27-14-25-22-21(23(27)30)18(13-33-22)19-3-2-10-32-19/h2-10,13-14H,11-12H2,1H3,(H,24,29). The SMILES string of the molecule is COc1ccc(-n2ccc(CNC(=O)Cn3cnc4scc(-c5cccs5)c4c3=O)n2)cc1. The van der Waals surface area contributed by atoms with Gasteiger partial charge in [-0.05, 0) is 41.8 Å². The van der Waals surface area contributed by atoms with E-state index < -0.39 is 0 Å². The molecule has 5 rings (SSSR count). The van der Waals surface area contributed by atoms with Crippen LogP contribution in [0.1, 0.15) is 5.69 Å². The number of fused-ring (bicyclic) bond motifs is 1. The average Bonchev–Trinajstić information content (AvgIpc) is 3.60. The monoisotopic (exact) mass is 477 g/mol. The Kier molecular flexibility index (Phi) is 5.76. The number of nitrogens with zero attached hydrogens (tertiary/aromatic N) is 4. The van der Waals surface area contributed by atoms with Crippen molar-refractivity contribution in [2.45, 2.75) is 13.1 Å². The Morgan fingerprint density at radius 2 is 2.00 bits per heavy atom. The maximum Gasteiger partial charge on any atom is 0.263 e. The highest BCUT2D eigenvalue weighted by Gasteiger charge is 2.15. The number of thiophene rings is 2. The van der Waals surface area contributed by atoms with Crippen molar-refractivity contribution in [1.82, 2.24) is 24.6 Å². The lowest BCUT2D eigenvalue weighted by molar-refractivity contribution is -0.121. The van der Waals surface area contributed by atoms with Gasteiger partial charge in [0.2, 0.25) is 5.91 Å². The van der Waals surface area contributed by atoms with Gasteiger partial charge in [-0.2, -0.15) is 5.10 Å². The van der Waals surface area contributed by atoms with E-state index >= 15 is 0 Å². The first-order valence-electron chi connectivity index (χ1n) is 10.1. The van der Waals surface area contributed by atoms with Gasteiger partial charge in [0.1, 0.15) is 17.1 Å². The Morgan fingerprint density at radius 1 is 1.15 bits per heavy atom. The van der Waals surface area contributed by atoms with Crippen LogP contribution in [0.25, 0.3) is 26.3 Å². The Bertz CT molecular complexity index is 1470. The molecule has 10 heteroatoms. The molecule has 4 heterocycles. The highest BCUT2D eigenvalue weighted by Crippen LogP contribution is 2.33. The molecule has 0 fully saturated rings. The van der Waals surface area contributed by atoms with E-state index in [0.717, 1.165) is 21.9 Å². The summed E-state index contributed by atoms with van der Waals surface area (Å²) in [6, 6.07) is 13.3. The maximum atomic E-state index is 13.1. The summed E-state index contributed by atoms with van der Waals surface area (Å²) in [6.07, 6.45) is 3.26. The fraction of sp³-hybridized carbons (Fsp3) is 0.130. The number of benzene rings is 1. The minimum Gasteiger partial charge on any atom is -0.497 e. The summed E-state index contributed by atoms with van der Waals surface area (Å²) < 4.78 is 8.24. The Balaban J connectivity index is 1.27. The molecule has 33 heavy (non-hydrogen) atoms. The fourth-order valence-electron chi connectivity index (χ4n) is 3.43. The molecule has 0 aliphatic heterocycles. The zero-order valence-electron chi connectivity index (χ0n) is 17.6. The number of carbonyl (C=O) groups excluding carboxylic acids is 1. The number of hydrogen-bond donors (Lipinski definition) is 1. The number of rotatable bonds is 7. The number of carbonyl (C=O) groups is 1. The van der Waals surface area contributed by atoms with E-state index in [4.69, 9.17) is 4.74 Å². The zero-order chi connectivity index (χ0) is 22.8. The molecule has 0 aliphatic carbocycles. The first-order valence-corrected chi connectivity index (χ1v) is 11.8. The van der Waals surface area contributed by atoms with Crippen LogP contribution in [0.5, 0.6) is 5.75 Å². The first kappa shape index (κ1) is 21.1. The minimum absolute atomic E-state index is 0.110. The molecule has 0 unspecified atom stereocenters. The van der Waals surface area contributed by atoms with Gasteiger partial charge in [-0.1, -0.05) is 6.07 Å².